The molecule has 0 aromatic heterocycles. The van der Waals surface area contributed by atoms with Crippen LogP contribution in [0.5, 0.6) is 0 Å². The van der Waals surface area contributed by atoms with Crippen LogP contribution in [0.3, 0.4) is 0 Å². The van der Waals surface area contributed by atoms with E-state index in [0.29, 0.717) is 0 Å². The summed E-state index contributed by atoms with van der Waals surface area (Å²) >= 11 is 0. The number of aliphatic hydroxyl groups is 2. The molecular weight excluding hydrogens is 444 g/mol. The summed E-state index contributed by atoms with van der Waals surface area (Å²) in [5, 5.41) is 27.2. The highest BCUT2D eigenvalue weighted by Crippen LogP contribution is 2.20. The second kappa shape index (κ2) is 11.7. The molecule has 0 bridgehead atoms. The van der Waals surface area contributed by atoms with E-state index in [1.54, 1.807) is 0 Å². The molecule has 0 rings (SSSR count). The van der Waals surface area contributed by atoms with Gasteiger partial charge in [0.15, 0.2) is 0 Å². The van der Waals surface area contributed by atoms with E-state index in [0.717, 1.165) is 0 Å². The molecule has 0 heterocycles. The van der Waals surface area contributed by atoms with Crippen LogP contribution in [0, 0.1) is 0 Å². The van der Waals surface area contributed by atoms with Crippen LogP contribution in [-0.4, -0.2) is 84.2 Å². The van der Waals surface area contributed by atoms with Crippen molar-refractivity contribution in [3.05, 3.63) is 0 Å². The standard InChI is InChI=1S/C13H27O12S3/c14-9-13(28(23,24)25)8-11(16)4-5-12(27(20,21)22)7-10(15)3-1-2-6-26(17,18)19/h10-13,15-16H,1-9H2,(H,17,18,19)(H,20,21,22)(H,23,24,25). The van der Waals surface area contributed by atoms with Crippen LogP contribution in [0.25, 0.3) is 0 Å². The molecule has 0 fully saturated rings. The molecule has 0 aromatic carbocycles. The lowest BCUT2D eigenvalue weighted by Gasteiger charge is -2.20. The first kappa shape index (κ1) is 27.6. The van der Waals surface area contributed by atoms with Gasteiger partial charge in [-0.2, -0.15) is 25.3 Å². The number of rotatable bonds is 15. The molecule has 0 saturated carbocycles. The lowest BCUT2D eigenvalue weighted by Crippen LogP contribution is -2.31. The molecule has 0 aromatic rings. The van der Waals surface area contributed by atoms with Crippen molar-refractivity contribution in [3.63, 3.8) is 0 Å². The Morgan fingerprint density at radius 1 is 0.643 bits per heavy atom. The third kappa shape index (κ3) is 12.9. The predicted octanol–water partition coefficient (Wildman–Crippen LogP) is -0.730. The first-order valence-corrected chi connectivity index (χ1v) is 13.0. The minimum atomic E-state index is -4.66. The van der Waals surface area contributed by atoms with Gasteiger partial charge >= 0.3 is 0 Å². The number of unbranched alkanes of at least 4 members (excludes halogenated alkanes) is 1. The van der Waals surface area contributed by atoms with Crippen LogP contribution in [0.2, 0.25) is 0 Å². The van der Waals surface area contributed by atoms with Crippen molar-refractivity contribution in [2.45, 2.75) is 67.7 Å². The van der Waals surface area contributed by atoms with Crippen LogP contribution in [0.4, 0.5) is 0 Å². The highest BCUT2D eigenvalue weighted by atomic mass is 32.2. The summed E-state index contributed by atoms with van der Waals surface area (Å²) in [4.78, 5) is 0. The van der Waals surface area contributed by atoms with Crippen LogP contribution in [0.15, 0.2) is 0 Å². The Kier molecular flexibility index (Phi) is 11.5. The van der Waals surface area contributed by atoms with Crippen molar-refractivity contribution in [2.24, 2.45) is 0 Å². The molecular formula is C13H27O12S3. The van der Waals surface area contributed by atoms with Gasteiger partial charge in [-0.25, -0.2) is 5.11 Å². The van der Waals surface area contributed by atoms with Crippen LogP contribution < -0.4 is 0 Å². The summed E-state index contributed by atoms with van der Waals surface area (Å²) in [7, 11) is -13.4. The number of hydrogen-bond acceptors (Lipinski definition) is 8. The van der Waals surface area contributed by atoms with E-state index < -0.39 is 78.3 Å². The molecule has 28 heavy (non-hydrogen) atoms. The highest BCUT2D eigenvalue weighted by Gasteiger charge is 2.29. The average molecular weight is 472 g/mol. The maximum absolute atomic E-state index is 11.4. The molecule has 0 amide bonds. The van der Waals surface area contributed by atoms with Crippen LogP contribution in [-0.2, 0) is 35.5 Å². The van der Waals surface area contributed by atoms with Crippen molar-refractivity contribution in [1.82, 2.24) is 0 Å². The van der Waals surface area contributed by atoms with Gasteiger partial charge in [-0.05, 0) is 44.9 Å². The molecule has 4 atom stereocenters. The van der Waals surface area contributed by atoms with Crippen LogP contribution in [0.1, 0.15) is 44.9 Å². The van der Waals surface area contributed by atoms with Crippen molar-refractivity contribution in [2.75, 3.05) is 12.4 Å². The largest absolute Gasteiger partial charge is 0.393 e. The lowest BCUT2D eigenvalue weighted by atomic mass is 10.0. The first-order chi connectivity index (χ1) is 12.6. The van der Waals surface area contributed by atoms with Gasteiger partial charge in [0.05, 0.1) is 23.2 Å². The molecule has 12 nitrogen and oxygen atoms in total. The van der Waals surface area contributed by atoms with Crippen molar-refractivity contribution in [3.8, 4) is 0 Å². The molecule has 0 aliphatic carbocycles. The monoisotopic (exact) mass is 471 g/mol. The number of aliphatic hydroxyl groups excluding tert-OH is 2. The van der Waals surface area contributed by atoms with Gasteiger partial charge in [0.2, 0.25) is 0 Å². The second-order valence-electron chi connectivity index (χ2n) is 6.58. The predicted molar refractivity (Wildman–Crippen MR) is 97.0 cm³/mol. The quantitative estimate of drug-likeness (QED) is 0.148. The summed E-state index contributed by atoms with van der Waals surface area (Å²) in [6, 6.07) is 0. The summed E-state index contributed by atoms with van der Waals surface area (Å²) in [6.45, 7) is -1.19. The van der Waals surface area contributed by atoms with Gasteiger partial charge in [0.1, 0.15) is 11.9 Å². The molecule has 0 aliphatic rings. The fourth-order valence-electron chi connectivity index (χ4n) is 2.55. The third-order valence-corrected chi connectivity index (χ3v) is 7.36. The first-order valence-electron chi connectivity index (χ1n) is 8.38. The van der Waals surface area contributed by atoms with Crippen molar-refractivity contribution in [1.29, 1.82) is 0 Å². The van der Waals surface area contributed by atoms with Gasteiger partial charge < -0.3 is 10.2 Å². The summed E-state index contributed by atoms with van der Waals surface area (Å²) in [5.74, 6) is -0.512. The van der Waals surface area contributed by atoms with E-state index in [-0.39, 0.29) is 32.1 Å². The maximum Gasteiger partial charge on any atom is 0.270 e. The molecule has 4 unspecified atom stereocenters. The van der Waals surface area contributed by atoms with Gasteiger partial charge in [0.25, 0.3) is 30.4 Å². The Balaban J connectivity index is 4.64. The molecule has 1 radical (unpaired) electrons. The van der Waals surface area contributed by atoms with E-state index in [4.69, 9.17) is 9.11 Å². The highest BCUT2D eigenvalue weighted by molar-refractivity contribution is 7.86. The zero-order valence-electron chi connectivity index (χ0n) is 15.0. The number of hydrogen-bond donors (Lipinski definition) is 5. The molecule has 0 saturated heterocycles. The fourth-order valence-corrected chi connectivity index (χ4v) is 4.65. The minimum Gasteiger partial charge on any atom is -0.393 e. The summed E-state index contributed by atoms with van der Waals surface area (Å²) in [6.07, 6.45) is -4.12. The lowest BCUT2D eigenvalue weighted by molar-refractivity contribution is 0.117. The zero-order chi connectivity index (χ0) is 22.2. The van der Waals surface area contributed by atoms with Gasteiger partial charge in [-0.15, -0.1) is 0 Å². The summed E-state index contributed by atoms with van der Waals surface area (Å²) in [5.41, 5.74) is 0. The fraction of sp³-hybridized carbons (Fsp3) is 1.00. The van der Waals surface area contributed by atoms with E-state index in [2.05, 4.69) is 0 Å². The van der Waals surface area contributed by atoms with E-state index >= 15 is 0 Å². The van der Waals surface area contributed by atoms with Gasteiger partial charge in [-0.1, -0.05) is 0 Å². The Morgan fingerprint density at radius 3 is 1.54 bits per heavy atom. The van der Waals surface area contributed by atoms with Crippen LogP contribution >= 0.6 is 0 Å². The Bertz CT molecular complexity index is 759. The SMILES string of the molecule is [O]CC(CC(O)CCC(CC(O)CCCCS(=O)(=O)O)S(=O)(=O)O)S(=O)(=O)O. The third-order valence-electron chi connectivity index (χ3n) is 4.11. The normalized spacial score (nSPS) is 17.8. The van der Waals surface area contributed by atoms with E-state index in [1.165, 1.54) is 0 Å². The van der Waals surface area contributed by atoms with E-state index in [1.807, 2.05) is 0 Å². The summed E-state index contributed by atoms with van der Waals surface area (Å²) < 4.78 is 92.6. The van der Waals surface area contributed by atoms with Gasteiger partial charge in [0, 0.05) is 0 Å². The van der Waals surface area contributed by atoms with E-state index in [9.17, 15) is 45.1 Å². The topological polar surface area (TPSA) is 223 Å². The molecule has 15 heteroatoms. The van der Waals surface area contributed by atoms with Crippen molar-refractivity contribution < 1.29 is 54.2 Å². The maximum atomic E-state index is 11.4. The second-order valence-corrected chi connectivity index (χ2v) is 11.5. The molecule has 0 aliphatic heterocycles. The van der Waals surface area contributed by atoms with Crippen molar-refractivity contribution >= 4 is 30.4 Å². The van der Waals surface area contributed by atoms with Gasteiger partial charge in [-0.3, -0.25) is 13.7 Å². The minimum absolute atomic E-state index is 0.00506. The average Bonchev–Trinajstić information content (AvgIpc) is 2.50. The smallest absolute Gasteiger partial charge is 0.270 e. The Labute approximate surface area is 164 Å². The Hall–Kier alpha value is -0.390. The zero-order valence-corrected chi connectivity index (χ0v) is 17.4. The molecule has 5 N–H and O–H groups in total. The Morgan fingerprint density at radius 2 is 1.11 bits per heavy atom. The molecule has 169 valence electrons. The molecule has 0 spiro atoms.